The van der Waals surface area contributed by atoms with Gasteiger partial charge in [0.05, 0.1) is 10.6 Å². The Kier molecular flexibility index (Phi) is 4.45. The molecule has 98 valence electrons. The van der Waals surface area contributed by atoms with Gasteiger partial charge in [-0.15, -0.1) is 0 Å². The molecule has 0 aliphatic heterocycles. The summed E-state index contributed by atoms with van der Waals surface area (Å²) in [7, 11) is 0. The first kappa shape index (κ1) is 13.9. The van der Waals surface area contributed by atoms with Crippen molar-refractivity contribution in [2.75, 3.05) is 5.73 Å². The van der Waals surface area contributed by atoms with Crippen molar-refractivity contribution in [2.24, 2.45) is 0 Å². The number of para-hydroxylation sites is 1. The third-order valence-corrected chi connectivity index (χ3v) is 3.48. The normalized spacial score (nSPS) is 10.2. The Bertz CT molecular complexity index is 616. The lowest BCUT2D eigenvalue weighted by molar-refractivity contribution is 0.0951. The molecule has 0 aliphatic carbocycles. The molecule has 3 N–H and O–H groups in total. The summed E-state index contributed by atoms with van der Waals surface area (Å²) in [4.78, 5) is 12.0. The Labute approximate surface area is 124 Å². The molecule has 0 unspecified atom stereocenters. The van der Waals surface area contributed by atoms with Crippen LogP contribution in [0.15, 0.2) is 46.9 Å². The minimum atomic E-state index is -0.222. The molecule has 0 saturated heterocycles. The molecule has 1 amide bonds. The molecule has 0 radical (unpaired) electrons. The first-order valence-electron chi connectivity index (χ1n) is 5.64. The molecule has 5 heteroatoms. The molecular formula is C14H12BrClN2O. The van der Waals surface area contributed by atoms with Crippen LogP contribution >= 0.6 is 27.5 Å². The Hall–Kier alpha value is -1.52. The van der Waals surface area contributed by atoms with E-state index in [9.17, 15) is 4.79 Å². The van der Waals surface area contributed by atoms with Crippen molar-refractivity contribution in [3.8, 4) is 0 Å². The third kappa shape index (κ3) is 3.49. The Balaban J connectivity index is 2.08. The lowest BCUT2D eigenvalue weighted by Gasteiger charge is -2.09. The highest BCUT2D eigenvalue weighted by atomic mass is 79.9. The first-order chi connectivity index (χ1) is 9.08. The van der Waals surface area contributed by atoms with Crippen LogP contribution < -0.4 is 11.1 Å². The van der Waals surface area contributed by atoms with E-state index in [4.69, 9.17) is 17.3 Å². The summed E-state index contributed by atoms with van der Waals surface area (Å²) in [5.74, 6) is -0.222. The number of rotatable bonds is 3. The summed E-state index contributed by atoms with van der Waals surface area (Å²) in [6, 6.07) is 12.5. The number of hydrogen-bond acceptors (Lipinski definition) is 2. The van der Waals surface area contributed by atoms with E-state index >= 15 is 0 Å². The van der Waals surface area contributed by atoms with Crippen LogP contribution in [0.3, 0.4) is 0 Å². The van der Waals surface area contributed by atoms with E-state index in [-0.39, 0.29) is 5.91 Å². The summed E-state index contributed by atoms with van der Waals surface area (Å²) in [5, 5.41) is 3.21. The van der Waals surface area contributed by atoms with Crippen molar-refractivity contribution < 1.29 is 4.79 Å². The number of amides is 1. The SMILES string of the molecule is Nc1ccccc1CNC(=O)c1ccc(Br)cc1Cl. The van der Waals surface area contributed by atoms with Crippen molar-refractivity contribution >= 4 is 39.1 Å². The second kappa shape index (κ2) is 6.08. The number of nitrogens with two attached hydrogens (primary N) is 1. The summed E-state index contributed by atoms with van der Waals surface area (Å²) in [5.41, 5.74) is 7.79. The molecule has 0 bridgehead atoms. The maximum Gasteiger partial charge on any atom is 0.253 e. The fraction of sp³-hybridized carbons (Fsp3) is 0.0714. The van der Waals surface area contributed by atoms with Crippen LogP contribution in [-0.4, -0.2) is 5.91 Å². The maximum absolute atomic E-state index is 12.0. The van der Waals surface area contributed by atoms with Gasteiger partial charge in [-0.25, -0.2) is 0 Å². The van der Waals surface area contributed by atoms with Crippen molar-refractivity contribution in [1.82, 2.24) is 5.32 Å². The van der Waals surface area contributed by atoms with Gasteiger partial charge in [0.15, 0.2) is 0 Å². The van der Waals surface area contributed by atoms with Gasteiger partial charge in [0.25, 0.3) is 5.91 Å². The Morgan fingerprint density at radius 3 is 2.68 bits per heavy atom. The predicted molar refractivity (Wildman–Crippen MR) is 81.2 cm³/mol. The second-order valence-corrected chi connectivity index (χ2v) is 5.33. The molecule has 3 nitrogen and oxygen atoms in total. The zero-order valence-electron chi connectivity index (χ0n) is 9.99. The lowest BCUT2D eigenvalue weighted by Crippen LogP contribution is -2.23. The molecule has 0 aliphatic rings. The van der Waals surface area contributed by atoms with Crippen LogP contribution in [0.25, 0.3) is 0 Å². The van der Waals surface area contributed by atoms with E-state index in [1.807, 2.05) is 18.2 Å². The van der Waals surface area contributed by atoms with Crippen molar-refractivity contribution in [3.63, 3.8) is 0 Å². The van der Waals surface area contributed by atoms with Crippen LogP contribution in [0.4, 0.5) is 5.69 Å². The Morgan fingerprint density at radius 1 is 1.26 bits per heavy atom. The largest absolute Gasteiger partial charge is 0.398 e. The van der Waals surface area contributed by atoms with Crippen LogP contribution in [0.1, 0.15) is 15.9 Å². The average molecular weight is 340 g/mol. The Morgan fingerprint density at radius 2 is 2.00 bits per heavy atom. The van der Waals surface area contributed by atoms with E-state index in [1.165, 1.54) is 0 Å². The van der Waals surface area contributed by atoms with Crippen LogP contribution in [0.5, 0.6) is 0 Å². The van der Waals surface area contributed by atoms with Gasteiger partial charge in [-0.2, -0.15) is 0 Å². The summed E-state index contributed by atoms with van der Waals surface area (Å²) in [6.45, 7) is 0.373. The second-order valence-electron chi connectivity index (χ2n) is 4.01. The van der Waals surface area contributed by atoms with Crippen LogP contribution in [0.2, 0.25) is 5.02 Å². The van der Waals surface area contributed by atoms with Crippen molar-refractivity contribution in [3.05, 3.63) is 63.1 Å². The fourth-order valence-corrected chi connectivity index (χ4v) is 2.40. The standard InChI is InChI=1S/C14H12BrClN2O/c15-10-5-6-11(12(16)7-10)14(19)18-8-9-3-1-2-4-13(9)17/h1-7H,8,17H2,(H,18,19). The number of halogens is 2. The maximum atomic E-state index is 12.0. The molecule has 0 heterocycles. The van der Waals surface area contributed by atoms with E-state index in [0.29, 0.717) is 22.8 Å². The molecular weight excluding hydrogens is 328 g/mol. The zero-order valence-corrected chi connectivity index (χ0v) is 12.3. The topological polar surface area (TPSA) is 55.1 Å². The van der Waals surface area contributed by atoms with Gasteiger partial charge in [0.2, 0.25) is 0 Å². The number of nitrogen functional groups attached to an aromatic ring is 1. The number of benzene rings is 2. The van der Waals surface area contributed by atoms with Crippen molar-refractivity contribution in [1.29, 1.82) is 0 Å². The number of nitrogens with one attached hydrogen (secondary N) is 1. The van der Waals surface area contributed by atoms with Gasteiger partial charge in [0.1, 0.15) is 0 Å². The molecule has 0 spiro atoms. The summed E-state index contributed by atoms with van der Waals surface area (Å²) < 4.78 is 0.835. The van der Waals surface area contributed by atoms with Gasteiger partial charge in [-0.05, 0) is 29.8 Å². The number of anilines is 1. The lowest BCUT2D eigenvalue weighted by atomic mass is 10.1. The van der Waals surface area contributed by atoms with Gasteiger partial charge in [-0.3, -0.25) is 4.79 Å². The van der Waals surface area contributed by atoms with E-state index in [0.717, 1.165) is 10.0 Å². The summed E-state index contributed by atoms with van der Waals surface area (Å²) in [6.07, 6.45) is 0. The van der Waals surface area contributed by atoms with E-state index in [2.05, 4.69) is 21.2 Å². The molecule has 2 aromatic rings. The third-order valence-electron chi connectivity index (χ3n) is 2.67. The minimum absolute atomic E-state index is 0.222. The monoisotopic (exact) mass is 338 g/mol. The molecule has 2 aromatic carbocycles. The van der Waals surface area contributed by atoms with Gasteiger partial charge >= 0.3 is 0 Å². The van der Waals surface area contributed by atoms with E-state index < -0.39 is 0 Å². The first-order valence-corrected chi connectivity index (χ1v) is 6.81. The average Bonchev–Trinajstić information content (AvgIpc) is 2.37. The number of hydrogen-bond donors (Lipinski definition) is 2. The number of carbonyl (C=O) groups excluding carboxylic acids is 1. The van der Waals surface area contributed by atoms with Crippen LogP contribution in [-0.2, 0) is 6.54 Å². The molecule has 19 heavy (non-hydrogen) atoms. The predicted octanol–water partition coefficient (Wildman–Crippen LogP) is 3.61. The highest BCUT2D eigenvalue weighted by molar-refractivity contribution is 9.10. The quantitative estimate of drug-likeness (QED) is 0.839. The minimum Gasteiger partial charge on any atom is -0.398 e. The number of carbonyl (C=O) groups is 1. The molecule has 2 rings (SSSR count). The molecule has 0 aromatic heterocycles. The highest BCUT2D eigenvalue weighted by Gasteiger charge is 2.10. The van der Waals surface area contributed by atoms with Gasteiger partial charge < -0.3 is 11.1 Å². The molecule has 0 saturated carbocycles. The van der Waals surface area contributed by atoms with Crippen LogP contribution in [0, 0.1) is 0 Å². The molecule has 0 fully saturated rings. The van der Waals surface area contributed by atoms with Gasteiger partial charge in [0, 0.05) is 16.7 Å². The van der Waals surface area contributed by atoms with E-state index in [1.54, 1.807) is 24.3 Å². The fourth-order valence-electron chi connectivity index (χ4n) is 1.64. The summed E-state index contributed by atoms with van der Waals surface area (Å²) >= 11 is 9.32. The highest BCUT2D eigenvalue weighted by Crippen LogP contribution is 2.21. The zero-order chi connectivity index (χ0) is 13.8. The van der Waals surface area contributed by atoms with Crippen molar-refractivity contribution in [2.45, 2.75) is 6.54 Å². The molecule has 0 atom stereocenters. The van der Waals surface area contributed by atoms with Gasteiger partial charge in [-0.1, -0.05) is 45.7 Å². The smallest absolute Gasteiger partial charge is 0.253 e.